The molecule has 0 unspecified atom stereocenters. The normalized spacial score (nSPS) is 8.18. The minimum atomic E-state index is 0.212. The number of aromatic nitrogens is 1. The first kappa shape index (κ1) is 10.4. The van der Waals surface area contributed by atoms with Gasteiger partial charge in [-0.1, -0.05) is 6.07 Å². The molecule has 0 spiro atoms. The molecule has 2 nitrogen and oxygen atoms in total. The lowest BCUT2D eigenvalue weighted by Gasteiger charge is -1.77. The van der Waals surface area contributed by atoms with E-state index in [0.29, 0.717) is 12.3 Å². The van der Waals surface area contributed by atoms with Gasteiger partial charge in [0, 0.05) is 24.9 Å². The lowest BCUT2D eigenvalue weighted by Crippen LogP contribution is -1.79. The third kappa shape index (κ3) is 9.40. The zero-order valence-corrected chi connectivity index (χ0v) is 7.04. The second kappa shape index (κ2) is 9.40. The van der Waals surface area contributed by atoms with Crippen molar-refractivity contribution in [2.75, 3.05) is 12.5 Å². The van der Waals surface area contributed by atoms with E-state index in [-0.39, 0.29) is 6.61 Å². The van der Waals surface area contributed by atoms with Crippen LogP contribution in [-0.2, 0) is 0 Å². The zero-order chi connectivity index (χ0) is 8.36. The molecule has 1 aromatic rings. The Morgan fingerprint density at radius 3 is 1.91 bits per heavy atom. The van der Waals surface area contributed by atoms with Crippen molar-refractivity contribution in [2.45, 2.75) is 6.42 Å². The summed E-state index contributed by atoms with van der Waals surface area (Å²) in [6, 6.07) is 5.72. The standard InChI is InChI=1S/C5H5N.C3H7ClO/c1-2-4-6-5-3-1;4-2-1-3-5/h1-5H;5H,1-3H2. The summed E-state index contributed by atoms with van der Waals surface area (Å²) in [6.07, 6.45) is 4.21. The molecule has 0 saturated carbocycles. The molecule has 0 atom stereocenters. The Bertz CT molecular complexity index is 117. The Morgan fingerprint density at radius 1 is 1.18 bits per heavy atom. The minimum absolute atomic E-state index is 0.212. The minimum Gasteiger partial charge on any atom is -0.396 e. The molecule has 1 aromatic heterocycles. The second-order valence-electron chi connectivity index (χ2n) is 1.79. The topological polar surface area (TPSA) is 33.1 Å². The number of pyridine rings is 1. The number of aliphatic hydroxyl groups is 1. The SMILES string of the molecule is OCCCCl.c1ccncc1. The average Bonchev–Trinajstić information content (AvgIpc) is 2.10. The third-order valence-corrected chi connectivity index (χ3v) is 1.13. The van der Waals surface area contributed by atoms with E-state index >= 15 is 0 Å². The second-order valence-corrected chi connectivity index (χ2v) is 2.17. The first-order valence-corrected chi connectivity index (χ1v) is 3.97. The van der Waals surface area contributed by atoms with Gasteiger partial charge in [0.05, 0.1) is 0 Å². The molecule has 0 fully saturated rings. The monoisotopic (exact) mass is 173 g/mol. The van der Waals surface area contributed by atoms with Gasteiger partial charge in [0.15, 0.2) is 0 Å². The highest BCUT2D eigenvalue weighted by atomic mass is 35.5. The van der Waals surface area contributed by atoms with Crippen LogP contribution in [0.1, 0.15) is 6.42 Å². The van der Waals surface area contributed by atoms with E-state index in [2.05, 4.69) is 4.98 Å². The van der Waals surface area contributed by atoms with Crippen LogP contribution in [0.15, 0.2) is 30.6 Å². The van der Waals surface area contributed by atoms with Crippen molar-refractivity contribution in [3.8, 4) is 0 Å². The molecule has 0 aliphatic heterocycles. The number of aliphatic hydroxyl groups excluding tert-OH is 1. The van der Waals surface area contributed by atoms with Gasteiger partial charge in [-0.25, -0.2) is 0 Å². The molecular formula is C8H12ClNO. The molecule has 1 heterocycles. The highest BCUT2D eigenvalue weighted by Crippen LogP contribution is 1.77. The van der Waals surface area contributed by atoms with Crippen LogP contribution in [0.5, 0.6) is 0 Å². The largest absolute Gasteiger partial charge is 0.396 e. The molecule has 0 amide bonds. The number of rotatable bonds is 2. The zero-order valence-electron chi connectivity index (χ0n) is 6.28. The molecule has 0 aromatic carbocycles. The molecule has 0 bridgehead atoms. The molecule has 62 valence electrons. The summed E-state index contributed by atoms with van der Waals surface area (Å²) < 4.78 is 0. The number of hydrogen-bond acceptors (Lipinski definition) is 2. The van der Waals surface area contributed by atoms with E-state index in [4.69, 9.17) is 16.7 Å². The van der Waals surface area contributed by atoms with E-state index in [1.165, 1.54) is 0 Å². The number of nitrogens with zero attached hydrogens (tertiary/aromatic N) is 1. The van der Waals surface area contributed by atoms with Crippen molar-refractivity contribution in [1.82, 2.24) is 4.98 Å². The molecule has 3 heteroatoms. The lowest BCUT2D eigenvalue weighted by molar-refractivity contribution is 0.296. The summed E-state index contributed by atoms with van der Waals surface area (Å²) in [7, 11) is 0. The van der Waals surface area contributed by atoms with E-state index in [1.807, 2.05) is 18.2 Å². The predicted octanol–water partition coefficient (Wildman–Crippen LogP) is 1.69. The van der Waals surface area contributed by atoms with Crippen LogP contribution in [0.25, 0.3) is 0 Å². The fourth-order valence-corrected chi connectivity index (χ4v) is 0.492. The van der Waals surface area contributed by atoms with Crippen LogP contribution in [0.2, 0.25) is 0 Å². The van der Waals surface area contributed by atoms with Gasteiger partial charge in [-0.05, 0) is 18.6 Å². The highest BCUT2D eigenvalue weighted by Gasteiger charge is 1.71. The van der Waals surface area contributed by atoms with Crippen molar-refractivity contribution in [3.05, 3.63) is 30.6 Å². The molecule has 0 aliphatic carbocycles. The first-order valence-electron chi connectivity index (χ1n) is 3.43. The third-order valence-electron chi connectivity index (χ3n) is 0.858. The molecular weight excluding hydrogens is 162 g/mol. The Kier molecular flexibility index (Phi) is 8.89. The van der Waals surface area contributed by atoms with E-state index in [1.54, 1.807) is 12.4 Å². The van der Waals surface area contributed by atoms with Crippen LogP contribution in [0, 0.1) is 0 Å². The van der Waals surface area contributed by atoms with Gasteiger partial charge in [0.1, 0.15) is 0 Å². The summed E-state index contributed by atoms with van der Waals surface area (Å²) in [5.74, 6) is 0.566. The first-order chi connectivity index (χ1) is 5.41. The van der Waals surface area contributed by atoms with E-state index < -0.39 is 0 Å². The Balaban J connectivity index is 0.000000187. The number of halogens is 1. The van der Waals surface area contributed by atoms with E-state index in [0.717, 1.165) is 0 Å². The average molecular weight is 174 g/mol. The molecule has 0 saturated heterocycles. The number of alkyl halides is 1. The summed E-state index contributed by atoms with van der Waals surface area (Å²) >= 11 is 5.14. The Hall–Kier alpha value is -0.600. The van der Waals surface area contributed by atoms with Gasteiger partial charge in [-0.2, -0.15) is 0 Å². The Morgan fingerprint density at radius 2 is 1.82 bits per heavy atom. The van der Waals surface area contributed by atoms with Crippen LogP contribution >= 0.6 is 11.6 Å². The van der Waals surface area contributed by atoms with Crippen molar-refractivity contribution < 1.29 is 5.11 Å². The van der Waals surface area contributed by atoms with Gasteiger partial charge in [-0.15, -0.1) is 11.6 Å². The molecule has 1 rings (SSSR count). The van der Waals surface area contributed by atoms with Gasteiger partial charge >= 0.3 is 0 Å². The van der Waals surface area contributed by atoms with Crippen LogP contribution < -0.4 is 0 Å². The summed E-state index contributed by atoms with van der Waals surface area (Å²) in [6.45, 7) is 0.212. The van der Waals surface area contributed by atoms with Gasteiger partial charge in [0.25, 0.3) is 0 Å². The number of hydrogen-bond donors (Lipinski definition) is 1. The Labute approximate surface area is 71.8 Å². The van der Waals surface area contributed by atoms with Crippen LogP contribution in [0.3, 0.4) is 0 Å². The maximum absolute atomic E-state index is 7.98. The quantitative estimate of drug-likeness (QED) is 0.691. The van der Waals surface area contributed by atoms with Crippen molar-refractivity contribution in [1.29, 1.82) is 0 Å². The molecule has 11 heavy (non-hydrogen) atoms. The van der Waals surface area contributed by atoms with E-state index in [9.17, 15) is 0 Å². The fourth-order valence-electron chi connectivity index (χ4n) is 0.372. The fraction of sp³-hybridized carbons (Fsp3) is 0.375. The molecule has 0 aliphatic rings. The summed E-state index contributed by atoms with van der Waals surface area (Å²) in [4.78, 5) is 3.78. The maximum Gasteiger partial charge on any atom is 0.0442 e. The van der Waals surface area contributed by atoms with Crippen LogP contribution in [-0.4, -0.2) is 22.6 Å². The molecule has 0 radical (unpaired) electrons. The maximum atomic E-state index is 7.98. The predicted molar refractivity (Wildman–Crippen MR) is 46.7 cm³/mol. The van der Waals surface area contributed by atoms with Crippen LogP contribution in [0.4, 0.5) is 0 Å². The van der Waals surface area contributed by atoms with Crippen molar-refractivity contribution in [2.24, 2.45) is 0 Å². The van der Waals surface area contributed by atoms with Gasteiger partial charge < -0.3 is 5.11 Å². The van der Waals surface area contributed by atoms with Crippen molar-refractivity contribution in [3.63, 3.8) is 0 Å². The lowest BCUT2D eigenvalue weighted by atomic mass is 10.5. The highest BCUT2D eigenvalue weighted by molar-refractivity contribution is 6.17. The smallest absolute Gasteiger partial charge is 0.0442 e. The molecule has 1 N–H and O–H groups in total. The van der Waals surface area contributed by atoms with Gasteiger partial charge in [-0.3, -0.25) is 4.98 Å². The van der Waals surface area contributed by atoms with Gasteiger partial charge in [0.2, 0.25) is 0 Å². The summed E-state index contributed by atoms with van der Waals surface area (Å²) in [5, 5.41) is 7.98. The van der Waals surface area contributed by atoms with Crippen molar-refractivity contribution >= 4 is 11.6 Å². The summed E-state index contributed by atoms with van der Waals surface area (Å²) in [5.41, 5.74) is 0.